The van der Waals surface area contributed by atoms with Crippen LogP contribution < -0.4 is 4.74 Å². The quantitative estimate of drug-likeness (QED) is 0.0764. The average Bonchev–Trinajstić information content (AvgIpc) is 3.00. The van der Waals surface area contributed by atoms with Crippen molar-refractivity contribution in [2.45, 2.75) is 44.6 Å². The van der Waals surface area contributed by atoms with E-state index in [2.05, 4.69) is 0 Å². The third-order valence-electron chi connectivity index (χ3n) is 6.44. The number of esters is 1. The summed E-state index contributed by atoms with van der Waals surface area (Å²) in [4.78, 5) is 33.9. The minimum Gasteiger partial charge on any atom is -0.508 e. The van der Waals surface area contributed by atoms with E-state index >= 15 is 0 Å². The molecule has 0 radical (unpaired) electrons. The summed E-state index contributed by atoms with van der Waals surface area (Å²) in [6, 6.07) is 12.5. The monoisotopic (exact) mass is 640 g/mol. The SMILES string of the molecule is CC(=O)OC1C(O)C(C)OC(Oc2ccc(C(=O)C=Cc3ccc(O)c(O)c3)c(O)c2O)C1O.O=C(O)C=Cc1ccc(O)cc1. The molecular formula is C32H32O14. The van der Waals surface area contributed by atoms with Gasteiger partial charge < -0.3 is 55.1 Å². The Kier molecular flexibility index (Phi) is 11.7. The number of allylic oxidation sites excluding steroid dienone is 1. The molecule has 0 spiro atoms. The molecule has 0 bridgehead atoms. The van der Waals surface area contributed by atoms with Crippen molar-refractivity contribution in [1.82, 2.24) is 0 Å². The Bertz CT molecular complexity index is 1610. The number of aliphatic hydroxyl groups is 2. The Morgan fingerprint density at radius 1 is 0.783 bits per heavy atom. The standard InChI is InChI=1S/C23H24O11.C9H8O3/c1-10-18(28)22(33-11(2)24)21(31)23(32-10)34-17-8-5-13(19(29)20(17)30)14(25)6-3-12-4-7-15(26)16(27)9-12;10-8-4-1-7(2-5-8)3-6-9(11)12/h3-10,18,21-23,26-31H,1-2H3;1-6,10H,(H,11,12). The lowest BCUT2D eigenvalue weighted by atomic mass is 9.99. The van der Waals surface area contributed by atoms with Crippen LogP contribution in [0.4, 0.5) is 0 Å². The van der Waals surface area contributed by atoms with Gasteiger partial charge in [0, 0.05) is 13.0 Å². The van der Waals surface area contributed by atoms with Crippen molar-refractivity contribution in [2.24, 2.45) is 0 Å². The lowest BCUT2D eigenvalue weighted by molar-refractivity contribution is -0.272. The zero-order valence-electron chi connectivity index (χ0n) is 24.4. The van der Waals surface area contributed by atoms with Crippen LogP contribution in [0, 0.1) is 0 Å². The molecule has 0 amide bonds. The highest BCUT2D eigenvalue weighted by Crippen LogP contribution is 2.40. The highest BCUT2D eigenvalue weighted by molar-refractivity contribution is 6.09. The first-order chi connectivity index (χ1) is 21.7. The van der Waals surface area contributed by atoms with Crippen LogP contribution in [0.5, 0.6) is 34.5 Å². The van der Waals surface area contributed by atoms with Gasteiger partial charge in [0.2, 0.25) is 12.0 Å². The molecule has 0 aromatic heterocycles. The molecule has 5 unspecified atom stereocenters. The van der Waals surface area contributed by atoms with Crippen molar-refractivity contribution in [2.75, 3.05) is 0 Å². The van der Waals surface area contributed by atoms with E-state index in [-0.39, 0.29) is 28.6 Å². The van der Waals surface area contributed by atoms with Gasteiger partial charge >= 0.3 is 11.9 Å². The predicted molar refractivity (Wildman–Crippen MR) is 160 cm³/mol. The zero-order valence-corrected chi connectivity index (χ0v) is 24.4. The molecule has 3 aromatic carbocycles. The van der Waals surface area contributed by atoms with Gasteiger partial charge in [-0.05, 0) is 66.6 Å². The maximum absolute atomic E-state index is 12.5. The number of phenols is 5. The summed E-state index contributed by atoms with van der Waals surface area (Å²) in [5.41, 5.74) is 0.875. The molecule has 4 rings (SSSR count). The number of phenolic OH excluding ortho intramolecular Hbond substituents is 5. The molecule has 8 N–H and O–H groups in total. The number of carboxylic acids is 1. The molecule has 0 aliphatic carbocycles. The number of aromatic hydroxyl groups is 5. The fourth-order valence-corrected chi connectivity index (χ4v) is 4.06. The second kappa shape index (κ2) is 15.4. The van der Waals surface area contributed by atoms with E-state index in [9.17, 15) is 45.0 Å². The zero-order chi connectivity index (χ0) is 34.1. The molecule has 244 valence electrons. The highest BCUT2D eigenvalue weighted by atomic mass is 16.7. The number of ketones is 1. The van der Waals surface area contributed by atoms with Crippen molar-refractivity contribution >= 4 is 29.9 Å². The van der Waals surface area contributed by atoms with Crippen molar-refractivity contribution in [1.29, 1.82) is 0 Å². The van der Waals surface area contributed by atoms with Crippen LogP contribution >= 0.6 is 0 Å². The van der Waals surface area contributed by atoms with Gasteiger partial charge in [-0.1, -0.05) is 24.3 Å². The summed E-state index contributed by atoms with van der Waals surface area (Å²) in [5, 5.41) is 77.2. The lowest BCUT2D eigenvalue weighted by Crippen LogP contribution is -2.59. The first kappa shape index (κ1) is 34.9. The fourth-order valence-electron chi connectivity index (χ4n) is 4.06. The molecule has 0 saturated carbocycles. The van der Waals surface area contributed by atoms with E-state index in [0.717, 1.165) is 30.7 Å². The van der Waals surface area contributed by atoms with E-state index in [1.54, 1.807) is 12.1 Å². The third-order valence-corrected chi connectivity index (χ3v) is 6.44. The van der Waals surface area contributed by atoms with Gasteiger partial charge in [-0.2, -0.15) is 0 Å². The number of ether oxygens (including phenoxy) is 3. The number of aliphatic carboxylic acids is 1. The molecule has 1 aliphatic rings. The lowest BCUT2D eigenvalue weighted by Gasteiger charge is -2.40. The third kappa shape index (κ3) is 9.22. The Balaban J connectivity index is 0.000000402. The van der Waals surface area contributed by atoms with Crippen LogP contribution in [-0.4, -0.2) is 89.3 Å². The summed E-state index contributed by atoms with van der Waals surface area (Å²) in [7, 11) is 0. The van der Waals surface area contributed by atoms with E-state index in [1.165, 1.54) is 55.5 Å². The summed E-state index contributed by atoms with van der Waals surface area (Å²) < 4.78 is 15.8. The normalized spacial score (nSPS) is 20.9. The number of aliphatic hydroxyl groups excluding tert-OH is 2. The minimum absolute atomic E-state index is 0.169. The summed E-state index contributed by atoms with van der Waals surface area (Å²) in [6.07, 6.45) is -1.76. The van der Waals surface area contributed by atoms with Crippen LogP contribution in [0.25, 0.3) is 12.2 Å². The number of rotatable bonds is 8. The van der Waals surface area contributed by atoms with Gasteiger partial charge in [-0.3, -0.25) is 9.59 Å². The fraction of sp³-hybridized carbons (Fsp3) is 0.219. The van der Waals surface area contributed by atoms with Crippen LogP contribution in [0.15, 0.2) is 66.7 Å². The summed E-state index contributed by atoms with van der Waals surface area (Å²) >= 11 is 0. The Hall–Kier alpha value is -5.57. The summed E-state index contributed by atoms with van der Waals surface area (Å²) in [5.74, 6) is -4.88. The van der Waals surface area contributed by atoms with Crippen molar-refractivity contribution in [3.63, 3.8) is 0 Å². The Labute approximate surface area is 261 Å². The van der Waals surface area contributed by atoms with Crippen molar-refractivity contribution in [3.8, 4) is 34.5 Å². The molecule has 46 heavy (non-hydrogen) atoms. The van der Waals surface area contributed by atoms with E-state index in [1.807, 2.05) is 0 Å². The van der Waals surface area contributed by atoms with Crippen LogP contribution in [-0.2, 0) is 19.1 Å². The number of hydrogen-bond donors (Lipinski definition) is 8. The van der Waals surface area contributed by atoms with Gasteiger partial charge in [0.15, 0.2) is 41.0 Å². The molecule has 1 aliphatic heterocycles. The maximum atomic E-state index is 12.5. The molecule has 1 fully saturated rings. The summed E-state index contributed by atoms with van der Waals surface area (Å²) in [6.45, 7) is 2.57. The van der Waals surface area contributed by atoms with Gasteiger partial charge in [-0.15, -0.1) is 0 Å². The second-order valence-corrected chi connectivity index (χ2v) is 9.90. The molecule has 1 heterocycles. The van der Waals surface area contributed by atoms with E-state index in [4.69, 9.17) is 24.4 Å². The van der Waals surface area contributed by atoms with Crippen molar-refractivity contribution < 1.29 is 69.4 Å². The van der Waals surface area contributed by atoms with E-state index < -0.39 is 59.9 Å². The van der Waals surface area contributed by atoms with Crippen LogP contribution in [0.3, 0.4) is 0 Å². The van der Waals surface area contributed by atoms with Gasteiger partial charge in [0.25, 0.3) is 0 Å². The van der Waals surface area contributed by atoms with Crippen LogP contribution in [0.2, 0.25) is 0 Å². The largest absolute Gasteiger partial charge is 0.508 e. The predicted octanol–water partition coefficient (Wildman–Crippen LogP) is 2.67. The Morgan fingerprint density at radius 2 is 1.41 bits per heavy atom. The number of benzene rings is 3. The molecule has 14 nitrogen and oxygen atoms in total. The Morgan fingerprint density at radius 3 is 2.02 bits per heavy atom. The smallest absolute Gasteiger partial charge is 0.328 e. The number of carboxylic acid groups (broad SMARTS) is 1. The highest BCUT2D eigenvalue weighted by Gasteiger charge is 2.46. The molecular weight excluding hydrogens is 608 g/mol. The first-order valence-corrected chi connectivity index (χ1v) is 13.5. The van der Waals surface area contributed by atoms with Crippen LogP contribution in [0.1, 0.15) is 35.3 Å². The molecule has 5 atom stereocenters. The van der Waals surface area contributed by atoms with Gasteiger partial charge in [-0.25, -0.2) is 4.79 Å². The number of carbonyl (C=O) groups is 3. The average molecular weight is 641 g/mol. The second-order valence-electron chi connectivity index (χ2n) is 9.90. The maximum Gasteiger partial charge on any atom is 0.328 e. The molecule has 1 saturated heterocycles. The van der Waals surface area contributed by atoms with Crippen molar-refractivity contribution in [3.05, 3.63) is 83.4 Å². The first-order valence-electron chi connectivity index (χ1n) is 13.5. The minimum atomic E-state index is -1.62. The molecule has 14 heteroatoms. The number of carbonyl (C=O) groups excluding carboxylic acids is 2. The van der Waals surface area contributed by atoms with E-state index in [0.29, 0.717) is 5.56 Å². The topological polar surface area (TPSA) is 241 Å². The number of hydrogen-bond acceptors (Lipinski definition) is 13. The van der Waals surface area contributed by atoms with Gasteiger partial charge in [0.1, 0.15) is 11.9 Å². The van der Waals surface area contributed by atoms with Gasteiger partial charge in [0.05, 0.1) is 11.7 Å². The molecule has 3 aromatic rings.